The maximum absolute atomic E-state index is 6.01. The van der Waals surface area contributed by atoms with Crippen LogP contribution in [0.4, 0.5) is 0 Å². The fraction of sp³-hybridized carbons (Fsp3) is 0.545. The van der Waals surface area contributed by atoms with E-state index in [4.69, 9.17) is 5.73 Å². The largest absolute Gasteiger partial charge is 0.327 e. The second-order valence-corrected chi connectivity index (χ2v) is 5.32. The van der Waals surface area contributed by atoms with Crippen LogP contribution in [0.15, 0.2) is 24.5 Å². The number of thioether (sulfide) groups is 1. The number of aromatic nitrogens is 1. The summed E-state index contributed by atoms with van der Waals surface area (Å²) < 4.78 is 0. The van der Waals surface area contributed by atoms with Crippen LogP contribution in [0, 0.1) is 0 Å². The van der Waals surface area contributed by atoms with E-state index in [0.29, 0.717) is 5.25 Å². The lowest BCUT2D eigenvalue weighted by atomic mass is 10.1. The van der Waals surface area contributed by atoms with E-state index in [1.54, 1.807) is 6.20 Å². The summed E-state index contributed by atoms with van der Waals surface area (Å²) in [5, 5.41) is 0.662. The highest BCUT2D eigenvalue weighted by Gasteiger charge is 2.05. The molecule has 3 heteroatoms. The SMILES string of the molecule is CC(C)SCC(N)Cc1cccnc1. The Hall–Kier alpha value is -0.540. The fourth-order valence-corrected chi connectivity index (χ4v) is 1.95. The molecule has 1 atom stereocenters. The van der Waals surface area contributed by atoms with Crippen molar-refractivity contribution in [2.45, 2.75) is 31.6 Å². The van der Waals surface area contributed by atoms with Gasteiger partial charge in [0.1, 0.15) is 0 Å². The quantitative estimate of drug-likeness (QED) is 0.809. The lowest BCUT2D eigenvalue weighted by Crippen LogP contribution is -2.26. The van der Waals surface area contributed by atoms with E-state index in [0.717, 1.165) is 12.2 Å². The van der Waals surface area contributed by atoms with Crippen LogP contribution in [0.25, 0.3) is 0 Å². The summed E-state index contributed by atoms with van der Waals surface area (Å²) in [4.78, 5) is 4.07. The normalized spacial score (nSPS) is 13.1. The van der Waals surface area contributed by atoms with Crippen molar-refractivity contribution >= 4 is 11.8 Å². The van der Waals surface area contributed by atoms with Gasteiger partial charge in [0.25, 0.3) is 0 Å². The molecule has 0 saturated carbocycles. The smallest absolute Gasteiger partial charge is 0.0300 e. The topological polar surface area (TPSA) is 38.9 Å². The van der Waals surface area contributed by atoms with Crippen molar-refractivity contribution in [1.29, 1.82) is 0 Å². The third-order valence-electron chi connectivity index (χ3n) is 1.86. The first-order valence-corrected chi connectivity index (χ1v) is 5.99. The van der Waals surface area contributed by atoms with Crippen LogP contribution >= 0.6 is 11.8 Å². The molecule has 14 heavy (non-hydrogen) atoms. The predicted octanol–water partition coefficient (Wildman–Crippen LogP) is 2.09. The molecule has 78 valence electrons. The Bertz CT molecular complexity index is 249. The molecule has 0 aliphatic heterocycles. The molecule has 0 aliphatic rings. The molecule has 1 unspecified atom stereocenters. The van der Waals surface area contributed by atoms with Gasteiger partial charge in [0.2, 0.25) is 0 Å². The first kappa shape index (κ1) is 11.5. The van der Waals surface area contributed by atoms with Gasteiger partial charge in [0, 0.05) is 24.2 Å². The number of pyridine rings is 1. The summed E-state index contributed by atoms with van der Waals surface area (Å²) in [6.45, 7) is 4.39. The van der Waals surface area contributed by atoms with Gasteiger partial charge in [-0.15, -0.1) is 0 Å². The van der Waals surface area contributed by atoms with E-state index in [9.17, 15) is 0 Å². The molecule has 2 N–H and O–H groups in total. The van der Waals surface area contributed by atoms with E-state index in [1.807, 2.05) is 24.0 Å². The van der Waals surface area contributed by atoms with Crippen molar-refractivity contribution in [1.82, 2.24) is 4.98 Å². The first-order valence-electron chi connectivity index (χ1n) is 4.94. The van der Waals surface area contributed by atoms with Crippen LogP contribution in [0.5, 0.6) is 0 Å². The number of nitrogens with zero attached hydrogens (tertiary/aromatic N) is 1. The molecule has 1 aromatic rings. The average Bonchev–Trinajstić information content (AvgIpc) is 2.16. The van der Waals surface area contributed by atoms with Crippen molar-refractivity contribution in [2.24, 2.45) is 5.73 Å². The maximum atomic E-state index is 6.01. The fourth-order valence-electron chi connectivity index (χ4n) is 1.20. The highest BCUT2D eigenvalue weighted by atomic mass is 32.2. The summed E-state index contributed by atoms with van der Waals surface area (Å²) in [6, 6.07) is 4.27. The van der Waals surface area contributed by atoms with Crippen LogP contribution in [0.1, 0.15) is 19.4 Å². The summed E-state index contributed by atoms with van der Waals surface area (Å²) in [5.41, 5.74) is 7.23. The minimum absolute atomic E-state index is 0.242. The second-order valence-electron chi connectivity index (χ2n) is 3.71. The monoisotopic (exact) mass is 210 g/mol. The van der Waals surface area contributed by atoms with E-state index < -0.39 is 0 Å². The lowest BCUT2D eigenvalue weighted by Gasteiger charge is -2.12. The number of nitrogens with two attached hydrogens (primary N) is 1. The lowest BCUT2D eigenvalue weighted by molar-refractivity contribution is 0.744. The molecule has 1 heterocycles. The van der Waals surface area contributed by atoms with Crippen molar-refractivity contribution < 1.29 is 0 Å². The Kier molecular flexibility index (Phi) is 4.98. The summed E-state index contributed by atoms with van der Waals surface area (Å²) >= 11 is 1.91. The molecular weight excluding hydrogens is 192 g/mol. The molecule has 1 aromatic heterocycles. The van der Waals surface area contributed by atoms with Gasteiger partial charge in [-0.05, 0) is 23.3 Å². The third kappa shape index (κ3) is 4.63. The summed E-state index contributed by atoms with van der Waals surface area (Å²) in [6.07, 6.45) is 4.60. The molecule has 0 aliphatic carbocycles. The Morgan fingerprint density at radius 3 is 2.86 bits per heavy atom. The second kappa shape index (κ2) is 6.04. The van der Waals surface area contributed by atoms with E-state index in [-0.39, 0.29) is 6.04 Å². The third-order valence-corrected chi connectivity index (χ3v) is 3.15. The van der Waals surface area contributed by atoms with Gasteiger partial charge >= 0.3 is 0 Å². The van der Waals surface area contributed by atoms with Crippen molar-refractivity contribution in [3.05, 3.63) is 30.1 Å². The van der Waals surface area contributed by atoms with Crippen LogP contribution in [-0.2, 0) is 6.42 Å². The zero-order valence-corrected chi connectivity index (χ0v) is 9.63. The van der Waals surface area contributed by atoms with Gasteiger partial charge in [-0.3, -0.25) is 4.98 Å². The van der Waals surface area contributed by atoms with Crippen LogP contribution in [0.2, 0.25) is 0 Å². The molecule has 0 spiro atoms. The Labute approximate surface area is 90.3 Å². The molecule has 1 rings (SSSR count). The zero-order chi connectivity index (χ0) is 10.4. The molecular formula is C11H18N2S. The highest BCUT2D eigenvalue weighted by Crippen LogP contribution is 2.11. The minimum Gasteiger partial charge on any atom is -0.327 e. The van der Waals surface area contributed by atoms with Crippen molar-refractivity contribution in [3.63, 3.8) is 0 Å². The molecule has 0 saturated heterocycles. The van der Waals surface area contributed by atoms with E-state index in [1.165, 1.54) is 5.56 Å². The Balaban J connectivity index is 2.30. The zero-order valence-electron chi connectivity index (χ0n) is 8.81. The molecule has 2 nitrogen and oxygen atoms in total. The van der Waals surface area contributed by atoms with E-state index in [2.05, 4.69) is 24.9 Å². The molecule has 0 aromatic carbocycles. The molecule has 0 bridgehead atoms. The minimum atomic E-state index is 0.242. The summed E-state index contributed by atoms with van der Waals surface area (Å²) in [5.74, 6) is 1.02. The average molecular weight is 210 g/mol. The van der Waals surface area contributed by atoms with Gasteiger partial charge < -0.3 is 5.73 Å². The van der Waals surface area contributed by atoms with Crippen molar-refractivity contribution in [3.8, 4) is 0 Å². The van der Waals surface area contributed by atoms with Gasteiger partial charge in [0.15, 0.2) is 0 Å². The van der Waals surface area contributed by atoms with Crippen LogP contribution in [0.3, 0.4) is 0 Å². The molecule has 0 fully saturated rings. The van der Waals surface area contributed by atoms with Crippen molar-refractivity contribution in [2.75, 3.05) is 5.75 Å². The number of hydrogen-bond donors (Lipinski definition) is 1. The molecule has 0 radical (unpaired) electrons. The van der Waals surface area contributed by atoms with Gasteiger partial charge in [-0.25, -0.2) is 0 Å². The van der Waals surface area contributed by atoms with Crippen LogP contribution in [-0.4, -0.2) is 22.0 Å². The Morgan fingerprint density at radius 1 is 1.50 bits per heavy atom. The first-order chi connectivity index (χ1) is 6.68. The number of hydrogen-bond acceptors (Lipinski definition) is 3. The van der Waals surface area contributed by atoms with Crippen LogP contribution < -0.4 is 5.73 Å². The Morgan fingerprint density at radius 2 is 2.29 bits per heavy atom. The van der Waals surface area contributed by atoms with E-state index >= 15 is 0 Å². The highest BCUT2D eigenvalue weighted by molar-refractivity contribution is 7.99. The molecule has 0 amide bonds. The number of rotatable bonds is 5. The summed E-state index contributed by atoms with van der Waals surface area (Å²) in [7, 11) is 0. The standard InChI is InChI=1S/C11H18N2S/c1-9(2)14-8-11(12)6-10-4-3-5-13-7-10/h3-5,7,9,11H,6,8,12H2,1-2H3. The van der Waals surface area contributed by atoms with Gasteiger partial charge in [-0.1, -0.05) is 19.9 Å². The van der Waals surface area contributed by atoms with Gasteiger partial charge in [-0.2, -0.15) is 11.8 Å². The maximum Gasteiger partial charge on any atom is 0.0300 e. The predicted molar refractivity (Wildman–Crippen MR) is 63.5 cm³/mol. The van der Waals surface area contributed by atoms with Gasteiger partial charge in [0.05, 0.1) is 0 Å².